The van der Waals surface area contributed by atoms with Gasteiger partial charge in [0.25, 0.3) is 0 Å². The Kier molecular flexibility index (Phi) is 2.17. The monoisotopic (exact) mass is 192 g/mol. The fourth-order valence-electron chi connectivity index (χ4n) is 1.56. The average Bonchev–Trinajstić information content (AvgIpc) is 2.83. The van der Waals surface area contributed by atoms with Gasteiger partial charge >= 0.3 is 0 Å². The van der Waals surface area contributed by atoms with Crippen molar-refractivity contribution >= 4 is 5.78 Å². The number of nitrogens with zero attached hydrogens (tertiary/aromatic N) is 2. The first-order valence-corrected chi connectivity index (χ1v) is 5.20. The molecule has 0 N–H and O–H groups in total. The molecule has 0 atom stereocenters. The van der Waals surface area contributed by atoms with Crippen molar-refractivity contribution in [3.63, 3.8) is 0 Å². The summed E-state index contributed by atoms with van der Waals surface area (Å²) in [5.74, 6) is 0.518. The maximum atomic E-state index is 11.4. The third-order valence-electron chi connectivity index (χ3n) is 2.60. The molecule has 2 rings (SSSR count). The lowest BCUT2D eigenvalue weighted by atomic mass is 10.1. The Bertz CT molecular complexity index is 361. The van der Waals surface area contributed by atoms with E-state index >= 15 is 0 Å². The molecule has 1 aliphatic carbocycles. The minimum Gasteiger partial charge on any atom is -0.293 e. The summed E-state index contributed by atoms with van der Waals surface area (Å²) in [6, 6.07) is 2.42. The van der Waals surface area contributed by atoms with Gasteiger partial charge in [-0.2, -0.15) is 5.10 Å². The van der Waals surface area contributed by atoms with E-state index in [4.69, 9.17) is 0 Å². The summed E-state index contributed by atoms with van der Waals surface area (Å²) >= 11 is 0. The van der Waals surface area contributed by atoms with Crippen molar-refractivity contribution in [2.24, 2.45) is 0 Å². The number of Topliss-reactive ketones (excluding diaryl/α,β-unsaturated/α-hetero) is 1. The zero-order chi connectivity index (χ0) is 10.3. The van der Waals surface area contributed by atoms with E-state index in [2.05, 4.69) is 18.9 Å². The van der Waals surface area contributed by atoms with Gasteiger partial charge in [0, 0.05) is 6.92 Å². The van der Waals surface area contributed by atoms with Crippen LogP contribution in [0.3, 0.4) is 0 Å². The summed E-state index contributed by atoms with van der Waals surface area (Å²) in [6.45, 7) is 5.81. The third kappa shape index (κ3) is 1.59. The van der Waals surface area contributed by atoms with Crippen molar-refractivity contribution in [1.29, 1.82) is 0 Å². The van der Waals surface area contributed by atoms with Crippen LogP contribution < -0.4 is 0 Å². The van der Waals surface area contributed by atoms with E-state index in [1.165, 1.54) is 12.8 Å². The van der Waals surface area contributed by atoms with Gasteiger partial charge < -0.3 is 0 Å². The van der Waals surface area contributed by atoms with Crippen molar-refractivity contribution in [2.45, 2.75) is 45.6 Å². The Balaban J connectivity index is 2.40. The largest absolute Gasteiger partial charge is 0.293 e. The highest BCUT2D eigenvalue weighted by atomic mass is 16.1. The molecular weight excluding hydrogens is 176 g/mol. The number of hydrogen-bond acceptors (Lipinski definition) is 2. The molecule has 1 fully saturated rings. The molecule has 76 valence electrons. The number of aromatic nitrogens is 2. The highest BCUT2D eigenvalue weighted by molar-refractivity contribution is 5.92. The van der Waals surface area contributed by atoms with Gasteiger partial charge in [-0.1, -0.05) is 13.8 Å². The first kappa shape index (κ1) is 9.44. The van der Waals surface area contributed by atoms with E-state index in [0.29, 0.717) is 12.0 Å². The second kappa shape index (κ2) is 3.23. The molecule has 3 heteroatoms. The molecule has 1 heterocycles. The van der Waals surface area contributed by atoms with Gasteiger partial charge in [0.15, 0.2) is 5.78 Å². The van der Waals surface area contributed by atoms with E-state index < -0.39 is 0 Å². The summed E-state index contributed by atoms with van der Waals surface area (Å²) in [5, 5.41) is 4.49. The summed E-state index contributed by atoms with van der Waals surface area (Å²) in [7, 11) is 0. The zero-order valence-electron chi connectivity index (χ0n) is 8.95. The van der Waals surface area contributed by atoms with E-state index in [0.717, 1.165) is 11.4 Å². The summed E-state index contributed by atoms with van der Waals surface area (Å²) in [6.07, 6.45) is 2.33. The lowest BCUT2D eigenvalue weighted by molar-refractivity contribution is 0.100. The third-order valence-corrected chi connectivity index (χ3v) is 2.60. The molecule has 0 spiro atoms. The second-order valence-corrected chi connectivity index (χ2v) is 4.34. The molecule has 0 unspecified atom stereocenters. The standard InChI is InChI=1S/C11H16N2O/c1-7(2)10-6-11(8(3)14)13(12-10)9-4-5-9/h6-7,9H,4-5H2,1-3H3. The van der Waals surface area contributed by atoms with Gasteiger partial charge in [0.05, 0.1) is 11.7 Å². The van der Waals surface area contributed by atoms with Crippen LogP contribution in [0.1, 0.15) is 61.8 Å². The van der Waals surface area contributed by atoms with Crippen LogP contribution >= 0.6 is 0 Å². The number of carbonyl (C=O) groups is 1. The molecule has 14 heavy (non-hydrogen) atoms. The van der Waals surface area contributed by atoms with Gasteiger partial charge in [-0.3, -0.25) is 9.48 Å². The predicted octanol–water partition coefficient (Wildman–Crippen LogP) is 2.54. The van der Waals surface area contributed by atoms with Crippen LogP contribution in [0.5, 0.6) is 0 Å². The van der Waals surface area contributed by atoms with Gasteiger partial charge in [-0.25, -0.2) is 0 Å². The Morgan fingerprint density at radius 1 is 1.57 bits per heavy atom. The number of ketones is 1. The van der Waals surface area contributed by atoms with E-state index in [9.17, 15) is 4.79 Å². The minimum absolute atomic E-state index is 0.122. The molecule has 0 bridgehead atoms. The fourth-order valence-corrected chi connectivity index (χ4v) is 1.56. The number of carbonyl (C=O) groups excluding carboxylic acids is 1. The lowest BCUT2D eigenvalue weighted by Crippen LogP contribution is -2.06. The molecule has 0 radical (unpaired) electrons. The predicted molar refractivity (Wildman–Crippen MR) is 54.6 cm³/mol. The van der Waals surface area contributed by atoms with Crippen LogP contribution in [0.25, 0.3) is 0 Å². The Labute approximate surface area is 84.1 Å². The van der Waals surface area contributed by atoms with Gasteiger partial charge in [-0.05, 0) is 24.8 Å². The van der Waals surface area contributed by atoms with E-state index in [1.54, 1.807) is 6.92 Å². The number of hydrogen-bond donors (Lipinski definition) is 0. The fraction of sp³-hybridized carbons (Fsp3) is 0.636. The first-order chi connectivity index (χ1) is 6.59. The van der Waals surface area contributed by atoms with Crippen molar-refractivity contribution in [2.75, 3.05) is 0 Å². The SMILES string of the molecule is CC(=O)c1cc(C(C)C)nn1C1CC1. The molecule has 0 saturated heterocycles. The van der Waals surface area contributed by atoms with Gasteiger partial charge in [0.2, 0.25) is 0 Å². The molecule has 1 saturated carbocycles. The van der Waals surface area contributed by atoms with Crippen LogP contribution in [-0.2, 0) is 0 Å². The van der Waals surface area contributed by atoms with Crippen molar-refractivity contribution < 1.29 is 4.79 Å². The summed E-state index contributed by atoms with van der Waals surface area (Å²) < 4.78 is 1.91. The minimum atomic E-state index is 0.122. The molecule has 0 aromatic carbocycles. The molecule has 1 aliphatic rings. The van der Waals surface area contributed by atoms with Crippen LogP contribution in [0.2, 0.25) is 0 Å². The normalized spacial score (nSPS) is 16.3. The molecule has 3 nitrogen and oxygen atoms in total. The van der Waals surface area contributed by atoms with Crippen LogP contribution in [-0.4, -0.2) is 15.6 Å². The quantitative estimate of drug-likeness (QED) is 0.690. The molecule has 0 aliphatic heterocycles. The molecular formula is C11H16N2O. The van der Waals surface area contributed by atoms with Crippen molar-refractivity contribution in [3.8, 4) is 0 Å². The Morgan fingerprint density at radius 3 is 2.64 bits per heavy atom. The highest BCUT2D eigenvalue weighted by Gasteiger charge is 2.28. The molecule has 1 aromatic rings. The molecule has 1 aromatic heterocycles. The van der Waals surface area contributed by atoms with E-state index in [1.807, 2.05) is 10.7 Å². The highest BCUT2D eigenvalue weighted by Crippen LogP contribution is 2.36. The maximum Gasteiger partial charge on any atom is 0.177 e. The average molecular weight is 192 g/mol. The van der Waals surface area contributed by atoms with E-state index in [-0.39, 0.29) is 5.78 Å². The Hall–Kier alpha value is -1.12. The van der Waals surface area contributed by atoms with Crippen LogP contribution in [0.4, 0.5) is 0 Å². The van der Waals surface area contributed by atoms with Gasteiger partial charge in [-0.15, -0.1) is 0 Å². The molecule has 0 amide bonds. The lowest BCUT2D eigenvalue weighted by Gasteiger charge is -2.01. The smallest absolute Gasteiger partial charge is 0.177 e. The zero-order valence-corrected chi connectivity index (χ0v) is 8.95. The van der Waals surface area contributed by atoms with Crippen molar-refractivity contribution in [3.05, 3.63) is 17.5 Å². The van der Waals surface area contributed by atoms with Crippen LogP contribution in [0, 0.1) is 0 Å². The summed E-state index contributed by atoms with van der Waals surface area (Å²) in [4.78, 5) is 11.4. The first-order valence-electron chi connectivity index (χ1n) is 5.20. The topological polar surface area (TPSA) is 34.9 Å². The van der Waals surface area contributed by atoms with Crippen LogP contribution in [0.15, 0.2) is 6.07 Å². The number of rotatable bonds is 3. The van der Waals surface area contributed by atoms with Gasteiger partial charge in [0.1, 0.15) is 5.69 Å². The van der Waals surface area contributed by atoms with Crippen molar-refractivity contribution in [1.82, 2.24) is 9.78 Å². The summed E-state index contributed by atoms with van der Waals surface area (Å²) in [5.41, 5.74) is 1.80. The maximum absolute atomic E-state index is 11.4. The second-order valence-electron chi connectivity index (χ2n) is 4.34. The Morgan fingerprint density at radius 2 is 2.21 bits per heavy atom.